The molecular formula is C20H32Re2-2. The molecule has 3 fully saturated rings. The molecule has 0 heterocycles. The normalized spacial score (nSPS) is 31.5. The van der Waals surface area contributed by atoms with Gasteiger partial charge in [0.25, 0.3) is 0 Å². The van der Waals surface area contributed by atoms with Crippen LogP contribution in [-0.2, 0) is 40.8 Å². The minimum Gasteiger partial charge on any atom is -0.328 e. The van der Waals surface area contributed by atoms with Gasteiger partial charge in [-0.15, -0.1) is 0 Å². The first-order valence-corrected chi connectivity index (χ1v) is 9.23. The van der Waals surface area contributed by atoms with Crippen molar-refractivity contribution in [3.05, 3.63) is 25.0 Å². The van der Waals surface area contributed by atoms with Crippen LogP contribution in [0.3, 0.4) is 0 Å². The molecule has 0 spiro atoms. The standard InChI is InChI=1S/C20H32.2Re/c1-3-7-17(8-4-1)11-12-18-13-15-20(16-14-18)19-9-5-2-6-10-19;;/h1-2,11-12,17-20H,3-10,13-16H2;;/q-2;;. The molecular weight excluding hydrogens is 613 g/mol. The molecule has 0 amide bonds. The van der Waals surface area contributed by atoms with Crippen LogP contribution in [0, 0.1) is 36.5 Å². The number of allylic oxidation sites excluding steroid dienone is 2. The summed E-state index contributed by atoms with van der Waals surface area (Å²) in [4.78, 5) is 0. The number of hydrogen-bond acceptors (Lipinski definition) is 0. The van der Waals surface area contributed by atoms with E-state index in [1.165, 1.54) is 77.0 Å². The number of hydrogen-bond donors (Lipinski definition) is 0. The summed E-state index contributed by atoms with van der Waals surface area (Å²) in [5.74, 6) is 3.94. The molecule has 0 aromatic carbocycles. The van der Waals surface area contributed by atoms with E-state index >= 15 is 0 Å². The van der Waals surface area contributed by atoms with Crippen molar-refractivity contribution in [2.24, 2.45) is 23.7 Å². The molecule has 0 bridgehead atoms. The molecule has 128 valence electrons. The summed E-state index contributed by atoms with van der Waals surface area (Å²) < 4.78 is 0. The van der Waals surface area contributed by atoms with Gasteiger partial charge >= 0.3 is 0 Å². The summed E-state index contributed by atoms with van der Waals surface area (Å²) in [5.41, 5.74) is 0. The fraction of sp³-hybridized carbons (Fsp3) is 0.800. The second-order valence-corrected chi connectivity index (χ2v) is 7.47. The van der Waals surface area contributed by atoms with Gasteiger partial charge in [-0.2, -0.15) is 25.7 Å². The van der Waals surface area contributed by atoms with E-state index in [1.807, 2.05) is 0 Å². The topological polar surface area (TPSA) is 0 Å². The molecule has 2 radical (unpaired) electrons. The van der Waals surface area contributed by atoms with Crippen LogP contribution in [0.25, 0.3) is 0 Å². The van der Waals surface area contributed by atoms with E-state index in [0.29, 0.717) is 0 Å². The third kappa shape index (κ3) is 6.52. The Balaban J connectivity index is 0.00000121. The van der Waals surface area contributed by atoms with Crippen LogP contribution < -0.4 is 0 Å². The molecule has 0 N–H and O–H groups in total. The van der Waals surface area contributed by atoms with E-state index < -0.39 is 0 Å². The molecule has 3 rings (SSSR count). The largest absolute Gasteiger partial charge is 0.328 e. The first-order chi connectivity index (χ1) is 9.92. The molecule has 0 aromatic heterocycles. The molecule has 3 saturated carbocycles. The summed E-state index contributed by atoms with van der Waals surface area (Å²) in [6.45, 7) is 0. The van der Waals surface area contributed by atoms with Crippen LogP contribution in [0.1, 0.15) is 77.0 Å². The minimum absolute atomic E-state index is 0. The Morgan fingerprint density at radius 2 is 0.909 bits per heavy atom. The van der Waals surface area contributed by atoms with Gasteiger partial charge in [0.05, 0.1) is 0 Å². The SMILES string of the molecule is C(=CC1CCC(C2CC[CH-]CC2)CC1)C1CC[CH-]CC1.[Re].[Re]. The summed E-state index contributed by atoms with van der Waals surface area (Å²) in [6, 6.07) is 0. The van der Waals surface area contributed by atoms with E-state index in [1.54, 1.807) is 0 Å². The van der Waals surface area contributed by atoms with Crippen molar-refractivity contribution in [3.8, 4) is 0 Å². The van der Waals surface area contributed by atoms with Crippen molar-refractivity contribution in [2.75, 3.05) is 0 Å². The number of rotatable bonds is 3. The molecule has 22 heavy (non-hydrogen) atoms. The summed E-state index contributed by atoms with van der Waals surface area (Å²) in [5, 5.41) is 0. The zero-order chi connectivity index (χ0) is 13.6. The van der Waals surface area contributed by atoms with Crippen LogP contribution in [0.4, 0.5) is 0 Å². The van der Waals surface area contributed by atoms with E-state index in [0.717, 1.165) is 23.7 Å². The Kier molecular flexibility index (Phi) is 11.1. The summed E-state index contributed by atoms with van der Waals surface area (Å²) in [6.07, 6.45) is 27.4. The summed E-state index contributed by atoms with van der Waals surface area (Å²) >= 11 is 0. The molecule has 0 nitrogen and oxygen atoms in total. The maximum absolute atomic E-state index is 2.60. The third-order valence-corrected chi connectivity index (χ3v) is 6.10. The van der Waals surface area contributed by atoms with Gasteiger partial charge in [-0.3, -0.25) is 0 Å². The fourth-order valence-electron chi connectivity index (χ4n) is 4.69. The Hall–Kier alpha value is 1.06. The molecule has 3 aliphatic rings. The Labute approximate surface area is 166 Å². The van der Waals surface area contributed by atoms with E-state index in [4.69, 9.17) is 0 Å². The molecule has 2 heteroatoms. The predicted octanol–water partition coefficient (Wildman–Crippen LogP) is 6.13. The first-order valence-electron chi connectivity index (χ1n) is 9.23. The summed E-state index contributed by atoms with van der Waals surface area (Å²) in [7, 11) is 0. The first kappa shape index (κ1) is 21.1. The maximum atomic E-state index is 2.60. The van der Waals surface area contributed by atoms with Crippen molar-refractivity contribution in [3.63, 3.8) is 0 Å². The minimum atomic E-state index is 0. The fourth-order valence-corrected chi connectivity index (χ4v) is 4.69. The Morgan fingerprint density at radius 3 is 1.45 bits per heavy atom. The molecule has 0 unspecified atom stereocenters. The smallest absolute Gasteiger partial charge is 0 e. The van der Waals surface area contributed by atoms with Crippen LogP contribution in [0.2, 0.25) is 0 Å². The Morgan fingerprint density at radius 1 is 0.500 bits per heavy atom. The Bertz CT molecular complexity index is 293. The molecule has 0 atom stereocenters. The van der Waals surface area contributed by atoms with Crippen molar-refractivity contribution < 1.29 is 40.8 Å². The second kappa shape index (κ2) is 11.6. The van der Waals surface area contributed by atoms with Crippen LogP contribution in [-0.4, -0.2) is 0 Å². The average Bonchev–Trinajstić information content (AvgIpc) is 2.55. The third-order valence-electron chi connectivity index (χ3n) is 6.10. The van der Waals surface area contributed by atoms with Crippen molar-refractivity contribution >= 4 is 0 Å². The van der Waals surface area contributed by atoms with Gasteiger partial charge in [-0.05, 0) is 49.4 Å². The predicted molar refractivity (Wildman–Crippen MR) is 87.1 cm³/mol. The average molecular weight is 645 g/mol. The van der Waals surface area contributed by atoms with Gasteiger partial charge in [0, 0.05) is 40.8 Å². The van der Waals surface area contributed by atoms with Gasteiger partial charge in [0.2, 0.25) is 0 Å². The van der Waals surface area contributed by atoms with Crippen molar-refractivity contribution in [1.29, 1.82) is 0 Å². The van der Waals surface area contributed by atoms with Crippen molar-refractivity contribution in [2.45, 2.75) is 77.0 Å². The van der Waals surface area contributed by atoms with Gasteiger partial charge in [-0.1, -0.05) is 37.8 Å². The molecule has 0 saturated heterocycles. The molecule has 0 aliphatic heterocycles. The van der Waals surface area contributed by atoms with Gasteiger partial charge in [0.15, 0.2) is 0 Å². The van der Waals surface area contributed by atoms with Crippen molar-refractivity contribution in [1.82, 2.24) is 0 Å². The van der Waals surface area contributed by atoms with Gasteiger partial charge in [-0.25, -0.2) is 0 Å². The van der Waals surface area contributed by atoms with Gasteiger partial charge in [0.1, 0.15) is 0 Å². The maximum Gasteiger partial charge on any atom is 0 e. The van der Waals surface area contributed by atoms with E-state index in [-0.39, 0.29) is 40.8 Å². The quantitative estimate of drug-likeness (QED) is 0.256. The van der Waals surface area contributed by atoms with Gasteiger partial charge < -0.3 is 12.8 Å². The monoisotopic (exact) mass is 646 g/mol. The molecule has 3 aliphatic carbocycles. The van der Waals surface area contributed by atoms with E-state index in [9.17, 15) is 0 Å². The second-order valence-electron chi connectivity index (χ2n) is 7.47. The molecule has 0 aromatic rings. The van der Waals surface area contributed by atoms with Crippen LogP contribution >= 0.6 is 0 Å². The van der Waals surface area contributed by atoms with E-state index in [2.05, 4.69) is 25.0 Å². The van der Waals surface area contributed by atoms with Crippen LogP contribution in [0.5, 0.6) is 0 Å². The van der Waals surface area contributed by atoms with Crippen LogP contribution in [0.15, 0.2) is 12.2 Å². The zero-order valence-electron chi connectivity index (χ0n) is 13.9. The zero-order valence-corrected chi connectivity index (χ0v) is 19.3.